The number of carbonyl (C=O) groups excluding carboxylic acids is 2. The summed E-state index contributed by atoms with van der Waals surface area (Å²) in [7, 11) is 2.86. The third-order valence-electron chi connectivity index (χ3n) is 8.40. The summed E-state index contributed by atoms with van der Waals surface area (Å²) in [4.78, 5) is 26.4. The molecule has 0 spiro atoms. The van der Waals surface area contributed by atoms with E-state index >= 15 is 0 Å². The van der Waals surface area contributed by atoms with Crippen LogP contribution in [0.5, 0.6) is 0 Å². The number of cyclic esters (lactones) is 1. The summed E-state index contributed by atoms with van der Waals surface area (Å²) in [5, 5.41) is 32.5. The van der Waals surface area contributed by atoms with Gasteiger partial charge in [0, 0.05) is 30.8 Å². The van der Waals surface area contributed by atoms with Crippen LogP contribution in [0.15, 0.2) is 59.4 Å². The fourth-order valence-electron chi connectivity index (χ4n) is 5.43. The van der Waals surface area contributed by atoms with Crippen molar-refractivity contribution >= 4 is 11.8 Å². The minimum absolute atomic E-state index is 0.00159. The number of hydrogen-bond donors (Lipinski definition) is 3. The molecule has 0 saturated carbocycles. The topological polar surface area (TPSA) is 123 Å². The highest BCUT2D eigenvalue weighted by Crippen LogP contribution is 2.27. The number of aliphatic hydroxyl groups excluding tert-OH is 3. The van der Waals surface area contributed by atoms with Crippen LogP contribution in [0.1, 0.15) is 68.7 Å². The van der Waals surface area contributed by atoms with Crippen LogP contribution < -0.4 is 0 Å². The van der Waals surface area contributed by atoms with Gasteiger partial charge in [-0.05, 0) is 44.3 Å². The van der Waals surface area contributed by atoms with E-state index in [-0.39, 0.29) is 35.2 Å². The molecule has 8 nitrogen and oxygen atoms in total. The summed E-state index contributed by atoms with van der Waals surface area (Å²) in [5.74, 6) is -2.96. The SMILES string of the molecule is CO/C1=C\C(C)=C\[C@@H](C)[C@@H](O)[C@@H](C)C/C(C)=C\C=C\[C@H](OC)[C@@H]([C@@H](C)[C@@H](O)[C@H](C)C(=O)/C=C/[C@H](C)[C@H](O)C(C)C)OC1=O. The van der Waals surface area contributed by atoms with E-state index < -0.39 is 48.3 Å². The van der Waals surface area contributed by atoms with Crippen molar-refractivity contribution in [3.05, 3.63) is 59.4 Å². The van der Waals surface area contributed by atoms with Crippen LogP contribution in [-0.2, 0) is 23.8 Å². The minimum atomic E-state index is -1.17. The Balaban J connectivity index is 3.46. The van der Waals surface area contributed by atoms with Gasteiger partial charge in [-0.15, -0.1) is 0 Å². The van der Waals surface area contributed by atoms with Gasteiger partial charge in [-0.1, -0.05) is 90.0 Å². The zero-order chi connectivity index (χ0) is 33.0. The Hall–Kier alpha value is -2.52. The molecule has 8 heteroatoms. The molecule has 1 rings (SSSR count). The number of hydrogen-bond acceptors (Lipinski definition) is 8. The first-order valence-electron chi connectivity index (χ1n) is 15.3. The highest BCUT2D eigenvalue weighted by atomic mass is 16.6. The van der Waals surface area contributed by atoms with Gasteiger partial charge in [0.25, 0.3) is 0 Å². The van der Waals surface area contributed by atoms with E-state index in [1.165, 1.54) is 20.3 Å². The van der Waals surface area contributed by atoms with Crippen LogP contribution in [0, 0.1) is 35.5 Å². The molecule has 244 valence electrons. The Morgan fingerprint density at radius 3 is 2.26 bits per heavy atom. The summed E-state index contributed by atoms with van der Waals surface area (Å²) in [6.07, 6.45) is 8.65. The predicted octanol–water partition coefficient (Wildman–Crippen LogP) is 5.34. The van der Waals surface area contributed by atoms with Crippen LogP contribution in [0.25, 0.3) is 0 Å². The molecule has 10 atom stereocenters. The van der Waals surface area contributed by atoms with Gasteiger partial charge in [0.05, 0.1) is 25.4 Å². The lowest BCUT2D eigenvalue weighted by Gasteiger charge is -2.33. The highest BCUT2D eigenvalue weighted by Gasteiger charge is 2.38. The molecule has 0 radical (unpaired) electrons. The van der Waals surface area contributed by atoms with Gasteiger partial charge in [-0.25, -0.2) is 4.79 Å². The fraction of sp³-hybridized carbons (Fsp3) is 0.657. The van der Waals surface area contributed by atoms with E-state index in [0.717, 1.165) is 11.1 Å². The molecule has 0 amide bonds. The molecule has 43 heavy (non-hydrogen) atoms. The molecule has 3 N–H and O–H groups in total. The average molecular weight is 605 g/mol. The van der Waals surface area contributed by atoms with E-state index in [1.54, 1.807) is 32.1 Å². The second-order valence-corrected chi connectivity index (χ2v) is 12.6. The third-order valence-corrected chi connectivity index (χ3v) is 8.40. The van der Waals surface area contributed by atoms with Gasteiger partial charge >= 0.3 is 5.97 Å². The Morgan fingerprint density at radius 1 is 1.07 bits per heavy atom. The molecule has 0 bridgehead atoms. The number of methoxy groups -OCH3 is 2. The zero-order valence-electron chi connectivity index (χ0n) is 28.0. The van der Waals surface area contributed by atoms with E-state index in [4.69, 9.17) is 14.2 Å². The van der Waals surface area contributed by atoms with E-state index in [2.05, 4.69) is 0 Å². The van der Waals surface area contributed by atoms with Crippen molar-refractivity contribution in [1.82, 2.24) is 0 Å². The maximum absolute atomic E-state index is 13.4. The lowest BCUT2D eigenvalue weighted by atomic mass is 9.84. The summed E-state index contributed by atoms with van der Waals surface area (Å²) in [5.41, 5.74) is 1.78. The molecular formula is C35H56O8. The zero-order valence-corrected chi connectivity index (χ0v) is 28.0. The largest absolute Gasteiger partial charge is 0.490 e. The number of esters is 1. The van der Waals surface area contributed by atoms with Gasteiger partial charge < -0.3 is 29.5 Å². The Morgan fingerprint density at radius 2 is 1.70 bits per heavy atom. The molecule has 0 aliphatic carbocycles. The number of ketones is 1. The number of allylic oxidation sites excluding steroid dienone is 6. The quantitative estimate of drug-likeness (QED) is 0.226. The van der Waals surface area contributed by atoms with Gasteiger partial charge in [0.15, 0.2) is 5.78 Å². The van der Waals surface area contributed by atoms with Gasteiger partial charge in [0.2, 0.25) is 5.76 Å². The molecule has 0 aromatic heterocycles. The number of aliphatic hydroxyl groups is 3. The maximum atomic E-state index is 13.4. The van der Waals surface area contributed by atoms with Crippen LogP contribution in [0.4, 0.5) is 0 Å². The fourth-order valence-corrected chi connectivity index (χ4v) is 5.43. The first-order chi connectivity index (χ1) is 20.0. The van der Waals surface area contributed by atoms with Crippen LogP contribution in [0.3, 0.4) is 0 Å². The standard InChI is InChI=1S/C35H56O8/c1-20(2)31(37)23(5)15-16-28(36)26(8)33(39)27(9)34-29(41-10)14-12-13-21(3)17-24(6)32(38)25(7)18-22(4)19-30(42-11)35(40)43-34/h12-16,18-20,23-27,29,31-34,37-39H,17H2,1-11H3/b14-12+,16-15+,21-13-,22-18+,30-19-/t23-,24-,25+,26+,27-,29-,31+,32-,33-,34+/m0/s1. The summed E-state index contributed by atoms with van der Waals surface area (Å²) in [6, 6.07) is 0. The van der Waals surface area contributed by atoms with Crippen molar-refractivity contribution in [2.24, 2.45) is 35.5 Å². The number of carbonyl (C=O) groups is 2. The summed E-state index contributed by atoms with van der Waals surface area (Å²) >= 11 is 0. The Labute approximate surface area is 259 Å². The maximum Gasteiger partial charge on any atom is 0.373 e. The molecule has 0 saturated heterocycles. The molecule has 1 heterocycles. The average Bonchev–Trinajstić information content (AvgIpc) is 2.96. The number of ether oxygens (including phenoxy) is 3. The second kappa shape index (κ2) is 18.3. The first kappa shape index (κ1) is 38.5. The third kappa shape index (κ3) is 11.8. The van der Waals surface area contributed by atoms with Crippen molar-refractivity contribution in [2.75, 3.05) is 14.2 Å². The minimum Gasteiger partial charge on any atom is -0.490 e. The van der Waals surface area contributed by atoms with Crippen LogP contribution in [-0.4, -0.2) is 71.8 Å². The van der Waals surface area contributed by atoms with E-state index in [1.807, 2.05) is 66.7 Å². The molecule has 0 aromatic rings. The molecule has 0 fully saturated rings. The van der Waals surface area contributed by atoms with Crippen molar-refractivity contribution in [3.63, 3.8) is 0 Å². The first-order valence-corrected chi connectivity index (χ1v) is 15.3. The molecule has 0 aromatic carbocycles. The molecular weight excluding hydrogens is 548 g/mol. The molecule has 1 aliphatic heterocycles. The summed E-state index contributed by atoms with van der Waals surface area (Å²) < 4.78 is 17.0. The predicted molar refractivity (Wildman–Crippen MR) is 170 cm³/mol. The van der Waals surface area contributed by atoms with Crippen molar-refractivity contribution in [2.45, 2.75) is 99.3 Å². The van der Waals surface area contributed by atoms with Gasteiger partial charge in [0.1, 0.15) is 12.2 Å². The summed E-state index contributed by atoms with van der Waals surface area (Å²) in [6.45, 7) is 16.7. The normalized spacial score (nSPS) is 32.7. The van der Waals surface area contributed by atoms with Crippen molar-refractivity contribution in [1.29, 1.82) is 0 Å². The van der Waals surface area contributed by atoms with Crippen molar-refractivity contribution in [3.8, 4) is 0 Å². The van der Waals surface area contributed by atoms with Crippen molar-refractivity contribution < 1.29 is 39.1 Å². The van der Waals surface area contributed by atoms with Gasteiger partial charge in [-0.3, -0.25) is 4.79 Å². The molecule has 0 unspecified atom stereocenters. The lowest BCUT2D eigenvalue weighted by Crippen LogP contribution is -2.45. The highest BCUT2D eigenvalue weighted by molar-refractivity contribution is 5.92. The smallest absolute Gasteiger partial charge is 0.373 e. The van der Waals surface area contributed by atoms with Crippen LogP contribution in [0.2, 0.25) is 0 Å². The second-order valence-electron chi connectivity index (χ2n) is 12.6. The number of rotatable bonds is 10. The Kier molecular flexibility index (Phi) is 16.4. The van der Waals surface area contributed by atoms with Gasteiger partial charge in [-0.2, -0.15) is 0 Å². The van der Waals surface area contributed by atoms with E-state index in [0.29, 0.717) is 6.42 Å². The Bertz CT molecular complexity index is 1050. The molecule has 1 aliphatic rings. The monoisotopic (exact) mass is 604 g/mol. The van der Waals surface area contributed by atoms with E-state index in [9.17, 15) is 24.9 Å². The lowest BCUT2D eigenvalue weighted by molar-refractivity contribution is -0.162. The van der Waals surface area contributed by atoms with Crippen LogP contribution >= 0.6 is 0 Å².